The summed E-state index contributed by atoms with van der Waals surface area (Å²) in [4.78, 5) is 14.7. The van der Waals surface area contributed by atoms with Crippen LogP contribution in [0.25, 0.3) is 0 Å². The molecule has 1 amide bonds. The van der Waals surface area contributed by atoms with Gasteiger partial charge in [0, 0.05) is 24.2 Å². The first-order valence-corrected chi connectivity index (χ1v) is 9.56. The highest BCUT2D eigenvalue weighted by molar-refractivity contribution is 7.89. The molecular formula is C18H22N2O4S. The lowest BCUT2D eigenvalue weighted by molar-refractivity contribution is 0.0985. The largest absolute Gasteiger partial charge is 0.451 e. The van der Waals surface area contributed by atoms with Crippen LogP contribution in [0.15, 0.2) is 46.1 Å². The van der Waals surface area contributed by atoms with E-state index in [0.29, 0.717) is 6.54 Å². The summed E-state index contributed by atoms with van der Waals surface area (Å²) in [5, 5.41) is -0.266. The van der Waals surface area contributed by atoms with E-state index in [0.717, 1.165) is 11.3 Å². The molecule has 1 atom stereocenters. The molecular weight excluding hydrogens is 340 g/mol. The van der Waals surface area contributed by atoms with Gasteiger partial charge in [-0.2, -0.15) is 0 Å². The topological polar surface area (TPSA) is 79.6 Å². The molecule has 1 aromatic heterocycles. The molecule has 0 spiro atoms. The normalized spacial score (nSPS) is 17.6. The maximum Gasteiger partial charge on any atom is 0.273 e. The van der Waals surface area contributed by atoms with Gasteiger partial charge in [-0.25, -0.2) is 13.1 Å². The molecule has 0 fully saturated rings. The molecule has 0 bridgehead atoms. The van der Waals surface area contributed by atoms with Crippen LogP contribution in [0.1, 0.15) is 42.6 Å². The summed E-state index contributed by atoms with van der Waals surface area (Å²) in [6, 6.07) is 9.10. The van der Waals surface area contributed by atoms with Crippen molar-refractivity contribution in [2.45, 2.75) is 31.8 Å². The van der Waals surface area contributed by atoms with Gasteiger partial charge in [0.1, 0.15) is 6.26 Å². The highest BCUT2D eigenvalue weighted by atomic mass is 32.2. The molecule has 1 aliphatic heterocycles. The minimum atomic E-state index is -3.72. The van der Waals surface area contributed by atoms with Crippen LogP contribution in [0, 0.1) is 5.41 Å². The molecule has 6 nitrogen and oxygen atoms in total. The van der Waals surface area contributed by atoms with Crippen LogP contribution in [0.2, 0.25) is 0 Å². The van der Waals surface area contributed by atoms with Gasteiger partial charge in [-0.05, 0) is 24.1 Å². The van der Waals surface area contributed by atoms with Crippen molar-refractivity contribution in [1.82, 2.24) is 4.72 Å². The number of furan rings is 1. The predicted molar refractivity (Wildman–Crippen MR) is 95.3 cm³/mol. The first kappa shape index (κ1) is 17.7. The van der Waals surface area contributed by atoms with Crippen LogP contribution in [-0.4, -0.2) is 27.9 Å². The van der Waals surface area contributed by atoms with E-state index in [4.69, 9.17) is 4.42 Å². The van der Waals surface area contributed by atoms with Gasteiger partial charge < -0.3 is 9.32 Å². The third-order valence-electron chi connectivity index (χ3n) is 4.61. The van der Waals surface area contributed by atoms with Gasteiger partial charge in [0.25, 0.3) is 15.9 Å². The highest BCUT2D eigenvalue weighted by Gasteiger charge is 2.39. The summed E-state index contributed by atoms with van der Waals surface area (Å²) < 4.78 is 30.9. The zero-order valence-corrected chi connectivity index (χ0v) is 15.6. The van der Waals surface area contributed by atoms with E-state index in [-0.39, 0.29) is 27.9 Å². The van der Waals surface area contributed by atoms with Crippen molar-refractivity contribution >= 4 is 21.6 Å². The second kappa shape index (κ2) is 6.00. The first-order valence-electron chi connectivity index (χ1n) is 8.08. The molecule has 2 heterocycles. The minimum absolute atomic E-state index is 0.00214. The molecule has 0 aliphatic carbocycles. The number of nitrogens with one attached hydrogen (secondary N) is 1. The zero-order chi connectivity index (χ0) is 18.4. The number of nitrogens with zero attached hydrogens (tertiary/aromatic N) is 1. The Bertz CT molecular complexity index is 909. The molecule has 134 valence electrons. The van der Waals surface area contributed by atoms with E-state index in [1.807, 2.05) is 24.3 Å². The first-order chi connectivity index (χ1) is 11.6. The van der Waals surface area contributed by atoms with Crippen molar-refractivity contribution in [1.29, 1.82) is 0 Å². The van der Waals surface area contributed by atoms with Gasteiger partial charge in [0.05, 0.1) is 5.56 Å². The number of benzene rings is 1. The summed E-state index contributed by atoms with van der Waals surface area (Å²) in [5.74, 6) is -0.0550. The number of amides is 1. The smallest absolute Gasteiger partial charge is 0.273 e. The maximum absolute atomic E-state index is 13.0. The summed E-state index contributed by atoms with van der Waals surface area (Å²) in [5.41, 5.74) is 2.22. The molecule has 7 heteroatoms. The molecule has 0 saturated carbocycles. The van der Waals surface area contributed by atoms with Crippen molar-refractivity contribution in [3.8, 4) is 0 Å². The molecule has 0 radical (unpaired) electrons. The Morgan fingerprint density at radius 3 is 2.60 bits per heavy atom. The van der Waals surface area contributed by atoms with Gasteiger partial charge in [0.2, 0.25) is 5.09 Å². The third kappa shape index (κ3) is 3.09. The molecule has 0 saturated heterocycles. The standard InChI is InChI=1S/C18H22N2O4S/c1-18(2,3)14-10-20(15-8-6-5-7-13(14)15)17(21)12-9-16(24-11-12)25(22,23)19-4/h5-9,11,14,19H,10H2,1-4H3. The second-order valence-electron chi connectivity index (χ2n) is 7.26. The Morgan fingerprint density at radius 2 is 1.96 bits per heavy atom. The number of fused-ring (bicyclic) bond motifs is 1. The molecule has 3 rings (SSSR count). The van der Waals surface area contributed by atoms with E-state index in [9.17, 15) is 13.2 Å². The molecule has 2 aromatic rings. The minimum Gasteiger partial charge on any atom is -0.451 e. The fourth-order valence-electron chi connectivity index (χ4n) is 3.17. The van der Waals surface area contributed by atoms with Crippen molar-refractivity contribution in [3.63, 3.8) is 0 Å². The Kier molecular flexibility index (Phi) is 4.25. The van der Waals surface area contributed by atoms with Crippen LogP contribution < -0.4 is 9.62 Å². The van der Waals surface area contributed by atoms with Crippen molar-refractivity contribution in [3.05, 3.63) is 47.7 Å². The molecule has 1 unspecified atom stereocenters. The van der Waals surface area contributed by atoms with Crippen molar-refractivity contribution in [2.75, 3.05) is 18.5 Å². The van der Waals surface area contributed by atoms with E-state index in [1.165, 1.54) is 19.4 Å². The number of sulfonamides is 1. The number of hydrogen-bond donors (Lipinski definition) is 1. The summed E-state index contributed by atoms with van der Waals surface area (Å²) in [7, 11) is -2.42. The van der Waals surface area contributed by atoms with Gasteiger partial charge in [-0.1, -0.05) is 39.0 Å². The number of rotatable bonds is 3. The average Bonchev–Trinajstić information content (AvgIpc) is 3.19. The molecule has 1 N–H and O–H groups in total. The molecule has 1 aromatic carbocycles. The SMILES string of the molecule is CNS(=O)(=O)c1cc(C(=O)N2CC(C(C)(C)C)c3ccccc32)co1. The number of para-hydroxylation sites is 1. The van der Waals surface area contributed by atoms with Crippen LogP contribution in [0.4, 0.5) is 5.69 Å². The fourth-order valence-corrected chi connectivity index (χ4v) is 3.82. The van der Waals surface area contributed by atoms with Crippen LogP contribution in [0.5, 0.6) is 0 Å². The molecule has 1 aliphatic rings. The fraction of sp³-hybridized carbons (Fsp3) is 0.389. The zero-order valence-electron chi connectivity index (χ0n) is 14.7. The van der Waals surface area contributed by atoms with E-state index in [1.54, 1.807) is 4.90 Å². The summed E-state index contributed by atoms with van der Waals surface area (Å²) in [6.45, 7) is 7.01. The lowest BCUT2D eigenvalue weighted by atomic mass is 9.78. The van der Waals surface area contributed by atoms with Crippen molar-refractivity contribution in [2.24, 2.45) is 5.41 Å². The van der Waals surface area contributed by atoms with E-state index in [2.05, 4.69) is 25.5 Å². The molecule has 25 heavy (non-hydrogen) atoms. The van der Waals surface area contributed by atoms with Crippen molar-refractivity contribution < 1.29 is 17.6 Å². The average molecular weight is 362 g/mol. The predicted octanol–water partition coefficient (Wildman–Crippen LogP) is 2.98. The maximum atomic E-state index is 13.0. The van der Waals surface area contributed by atoms with Crippen LogP contribution in [0.3, 0.4) is 0 Å². The van der Waals surface area contributed by atoms with E-state index < -0.39 is 10.0 Å². The van der Waals surface area contributed by atoms with Gasteiger partial charge in [-0.3, -0.25) is 4.79 Å². The Hall–Kier alpha value is -2.12. The second-order valence-corrected chi connectivity index (χ2v) is 9.07. The quantitative estimate of drug-likeness (QED) is 0.910. The summed E-state index contributed by atoms with van der Waals surface area (Å²) >= 11 is 0. The number of hydrogen-bond acceptors (Lipinski definition) is 4. The number of carbonyl (C=O) groups excluding carboxylic acids is 1. The third-order valence-corrected chi connectivity index (χ3v) is 5.90. The van der Waals surface area contributed by atoms with Gasteiger partial charge in [0.15, 0.2) is 0 Å². The monoisotopic (exact) mass is 362 g/mol. The summed E-state index contributed by atoms with van der Waals surface area (Å²) in [6.07, 6.45) is 1.19. The Labute approximate surface area is 147 Å². The van der Waals surface area contributed by atoms with Gasteiger partial charge in [-0.15, -0.1) is 0 Å². The lowest BCUT2D eigenvalue weighted by Crippen LogP contribution is -2.32. The highest BCUT2D eigenvalue weighted by Crippen LogP contribution is 2.46. The number of carbonyl (C=O) groups is 1. The lowest BCUT2D eigenvalue weighted by Gasteiger charge is -2.27. The van der Waals surface area contributed by atoms with Gasteiger partial charge >= 0.3 is 0 Å². The number of anilines is 1. The Morgan fingerprint density at radius 1 is 1.28 bits per heavy atom. The van der Waals surface area contributed by atoms with E-state index >= 15 is 0 Å². The van der Waals surface area contributed by atoms with Crippen LogP contribution in [-0.2, 0) is 10.0 Å². The Balaban J connectivity index is 1.97. The van der Waals surface area contributed by atoms with Crippen LogP contribution >= 0.6 is 0 Å².